The van der Waals surface area contributed by atoms with Crippen LogP contribution in [0.4, 0.5) is 0 Å². The first kappa shape index (κ1) is 9.70. The largest absolute Gasteiger partial charge is 0.0808 e. The van der Waals surface area contributed by atoms with Gasteiger partial charge >= 0.3 is 0 Å². The van der Waals surface area contributed by atoms with Crippen LogP contribution in [-0.2, 0) is 0 Å². The lowest BCUT2D eigenvalue weighted by Gasteiger charge is -2.01. The van der Waals surface area contributed by atoms with Gasteiger partial charge in [-0.1, -0.05) is 50.5 Å². The molecular formula is C9H18Si. The maximum Gasteiger partial charge on any atom is 0.0411 e. The zero-order chi connectivity index (χ0) is 8.04. The van der Waals surface area contributed by atoms with E-state index in [0.717, 1.165) is 6.42 Å². The van der Waals surface area contributed by atoms with Crippen LogP contribution in [0.15, 0.2) is 24.3 Å². The summed E-state index contributed by atoms with van der Waals surface area (Å²) in [6.07, 6.45) is 9.50. The van der Waals surface area contributed by atoms with Crippen molar-refractivity contribution in [1.82, 2.24) is 0 Å². The second-order valence-electron chi connectivity index (χ2n) is 4.09. The van der Waals surface area contributed by atoms with E-state index in [1.54, 1.807) is 0 Å². The first-order valence-electron chi connectivity index (χ1n) is 3.82. The summed E-state index contributed by atoms with van der Waals surface area (Å²) in [5.74, 6) is 0. The van der Waals surface area contributed by atoms with Crippen LogP contribution >= 0.6 is 0 Å². The normalized spacial score (nSPS) is 14.8. The Labute approximate surface area is 65.7 Å². The van der Waals surface area contributed by atoms with E-state index in [-0.39, 0.29) is 0 Å². The third-order valence-electron chi connectivity index (χ3n) is 0.655. The van der Waals surface area contributed by atoms with E-state index in [1.165, 1.54) is 0 Å². The smallest absolute Gasteiger partial charge is 0.0411 e. The van der Waals surface area contributed by atoms with Crippen molar-refractivity contribution < 1.29 is 0 Å². The molecule has 0 aromatic heterocycles. The lowest BCUT2D eigenvalue weighted by atomic mass is 10.5. The van der Waals surface area contributed by atoms with Gasteiger partial charge in [-0.15, -0.1) is 0 Å². The maximum absolute atomic E-state index is 2.33. The van der Waals surface area contributed by atoms with Crippen LogP contribution in [0.25, 0.3) is 0 Å². The van der Waals surface area contributed by atoms with E-state index in [0.29, 0.717) is 0 Å². The highest BCUT2D eigenvalue weighted by atomic mass is 28.3. The molecule has 0 bridgehead atoms. The fraction of sp³-hybridized carbons (Fsp3) is 0.556. The molecule has 0 heterocycles. The van der Waals surface area contributed by atoms with Gasteiger partial charge in [0.1, 0.15) is 0 Å². The highest BCUT2D eigenvalue weighted by Crippen LogP contribution is 1.94. The number of rotatable bonds is 0. The molecule has 1 rings (SSSR count). The van der Waals surface area contributed by atoms with Crippen molar-refractivity contribution in [1.29, 1.82) is 0 Å². The van der Waals surface area contributed by atoms with E-state index in [1.807, 2.05) is 0 Å². The van der Waals surface area contributed by atoms with Crippen LogP contribution in [0.1, 0.15) is 6.42 Å². The standard InChI is InChI=1S/C5H6.C4H12Si/c1-2-4-5-3-1;1-5(2,3)4/h1-4H,5H2;1-4H3. The Morgan fingerprint density at radius 1 is 0.900 bits per heavy atom. The third kappa shape index (κ3) is 15.6. The molecule has 0 atom stereocenters. The number of hydrogen-bond acceptors (Lipinski definition) is 0. The summed E-state index contributed by atoms with van der Waals surface area (Å²) in [5.41, 5.74) is 0. The van der Waals surface area contributed by atoms with Gasteiger partial charge < -0.3 is 0 Å². The van der Waals surface area contributed by atoms with E-state index in [4.69, 9.17) is 0 Å². The average Bonchev–Trinajstić information content (AvgIpc) is 2.07. The molecule has 1 aliphatic carbocycles. The molecule has 0 amide bonds. The monoisotopic (exact) mass is 154 g/mol. The lowest BCUT2D eigenvalue weighted by molar-refractivity contribution is 1.45. The second-order valence-corrected chi connectivity index (χ2v) is 10.1. The zero-order valence-electron chi connectivity index (χ0n) is 7.52. The van der Waals surface area contributed by atoms with E-state index in [2.05, 4.69) is 50.5 Å². The van der Waals surface area contributed by atoms with Crippen LogP contribution in [0.3, 0.4) is 0 Å². The van der Waals surface area contributed by atoms with Crippen molar-refractivity contribution in [3.8, 4) is 0 Å². The average molecular weight is 154 g/mol. The fourth-order valence-electron chi connectivity index (χ4n) is 0.393. The van der Waals surface area contributed by atoms with Crippen LogP contribution in [0.5, 0.6) is 0 Å². The number of allylic oxidation sites excluding steroid dienone is 4. The van der Waals surface area contributed by atoms with Crippen LogP contribution < -0.4 is 0 Å². The van der Waals surface area contributed by atoms with E-state index < -0.39 is 8.07 Å². The summed E-state index contributed by atoms with van der Waals surface area (Å²) in [6, 6.07) is 0. The van der Waals surface area contributed by atoms with Gasteiger partial charge in [-0.2, -0.15) is 0 Å². The Balaban J connectivity index is 0.000000162. The molecule has 1 heteroatoms. The quantitative estimate of drug-likeness (QED) is 0.469. The molecule has 0 nitrogen and oxygen atoms in total. The fourth-order valence-corrected chi connectivity index (χ4v) is 0.393. The predicted octanol–water partition coefficient (Wildman–Crippen LogP) is 3.46. The van der Waals surface area contributed by atoms with Gasteiger partial charge in [0.15, 0.2) is 0 Å². The minimum atomic E-state index is -0.611. The maximum atomic E-state index is 2.33. The molecule has 58 valence electrons. The van der Waals surface area contributed by atoms with Crippen molar-refractivity contribution >= 4 is 8.07 Å². The van der Waals surface area contributed by atoms with Gasteiger partial charge in [-0.3, -0.25) is 0 Å². The molecule has 0 unspecified atom stereocenters. The summed E-state index contributed by atoms with van der Waals surface area (Å²) in [7, 11) is -0.611. The van der Waals surface area contributed by atoms with Crippen LogP contribution in [0.2, 0.25) is 26.2 Å². The lowest BCUT2D eigenvalue weighted by Crippen LogP contribution is -2.10. The predicted molar refractivity (Wildman–Crippen MR) is 52.1 cm³/mol. The van der Waals surface area contributed by atoms with Gasteiger partial charge in [0.25, 0.3) is 0 Å². The molecule has 0 aliphatic heterocycles. The van der Waals surface area contributed by atoms with Crippen molar-refractivity contribution in [2.45, 2.75) is 32.6 Å². The first-order chi connectivity index (χ1) is 4.50. The highest BCUT2D eigenvalue weighted by Gasteiger charge is 1.99. The Kier molecular flexibility index (Phi) is 4.37. The first-order valence-corrected chi connectivity index (χ1v) is 7.82. The minimum Gasteiger partial charge on any atom is -0.0808 e. The summed E-state index contributed by atoms with van der Waals surface area (Å²) >= 11 is 0. The van der Waals surface area contributed by atoms with Crippen LogP contribution in [-0.4, -0.2) is 8.07 Å². The highest BCUT2D eigenvalue weighted by molar-refractivity contribution is 6.74. The van der Waals surface area contributed by atoms with Crippen LogP contribution in [0, 0.1) is 0 Å². The molecule has 0 aromatic rings. The van der Waals surface area contributed by atoms with Gasteiger partial charge in [0, 0.05) is 8.07 Å². The van der Waals surface area contributed by atoms with Crippen molar-refractivity contribution in [3.05, 3.63) is 24.3 Å². The molecule has 0 fully saturated rings. The van der Waals surface area contributed by atoms with Gasteiger partial charge in [0.05, 0.1) is 0 Å². The summed E-state index contributed by atoms with van der Waals surface area (Å²) in [5, 5.41) is 0. The van der Waals surface area contributed by atoms with E-state index in [9.17, 15) is 0 Å². The minimum absolute atomic E-state index is 0.611. The summed E-state index contributed by atoms with van der Waals surface area (Å²) < 4.78 is 0. The Morgan fingerprint density at radius 3 is 1.30 bits per heavy atom. The zero-order valence-corrected chi connectivity index (χ0v) is 8.52. The Hall–Kier alpha value is -0.303. The molecule has 10 heavy (non-hydrogen) atoms. The summed E-state index contributed by atoms with van der Waals surface area (Å²) in [6.45, 7) is 9.31. The van der Waals surface area contributed by atoms with E-state index >= 15 is 0 Å². The molecule has 0 spiro atoms. The Morgan fingerprint density at radius 2 is 1.20 bits per heavy atom. The molecule has 0 radical (unpaired) electrons. The molecule has 0 saturated heterocycles. The number of hydrogen-bond donors (Lipinski definition) is 0. The van der Waals surface area contributed by atoms with Gasteiger partial charge in [-0.25, -0.2) is 0 Å². The van der Waals surface area contributed by atoms with Crippen molar-refractivity contribution in [2.75, 3.05) is 0 Å². The van der Waals surface area contributed by atoms with Crippen molar-refractivity contribution in [3.63, 3.8) is 0 Å². The Bertz CT molecular complexity index is 110. The van der Waals surface area contributed by atoms with Gasteiger partial charge in [0.2, 0.25) is 0 Å². The second kappa shape index (κ2) is 4.50. The van der Waals surface area contributed by atoms with Crippen molar-refractivity contribution in [2.24, 2.45) is 0 Å². The molecular weight excluding hydrogens is 136 g/mol. The summed E-state index contributed by atoms with van der Waals surface area (Å²) in [4.78, 5) is 0. The SMILES string of the molecule is C1=CCC=C1.C[Si](C)(C)C. The van der Waals surface area contributed by atoms with Gasteiger partial charge in [-0.05, 0) is 6.42 Å². The molecule has 0 saturated carbocycles. The third-order valence-corrected chi connectivity index (χ3v) is 0.655. The molecule has 0 aromatic carbocycles. The molecule has 0 N–H and O–H groups in total. The topological polar surface area (TPSA) is 0 Å². The molecule has 1 aliphatic rings.